The summed E-state index contributed by atoms with van der Waals surface area (Å²) in [5, 5.41) is 3.57. The molecule has 2 amide bonds. The molecule has 0 bridgehead atoms. The number of carbonyl (C=O) groups is 2. The fraction of sp³-hybridized carbons (Fsp3) is 0.136. The lowest BCUT2D eigenvalue weighted by molar-refractivity contribution is -0.128. The molecule has 2 heterocycles. The van der Waals surface area contributed by atoms with Crippen LogP contribution in [-0.4, -0.2) is 23.3 Å². The highest BCUT2D eigenvalue weighted by atomic mass is 32.1. The molecule has 0 atom stereocenters. The zero-order chi connectivity index (χ0) is 21.6. The molecule has 31 heavy (non-hydrogen) atoms. The second kappa shape index (κ2) is 9.40. The van der Waals surface area contributed by atoms with Crippen molar-refractivity contribution in [1.82, 2.24) is 15.8 Å². The molecule has 7 nitrogen and oxygen atoms in total. The van der Waals surface area contributed by atoms with Gasteiger partial charge < -0.3 is 9.73 Å². The maximum Gasteiger partial charge on any atom is 0.257 e. The van der Waals surface area contributed by atoms with Gasteiger partial charge in [0.15, 0.2) is 5.13 Å². The Morgan fingerprint density at radius 2 is 1.74 bits per heavy atom. The van der Waals surface area contributed by atoms with Gasteiger partial charge in [-0.05, 0) is 36.4 Å². The minimum Gasteiger partial charge on any atom is -0.461 e. The maximum absolute atomic E-state index is 13.8. The Morgan fingerprint density at radius 1 is 0.968 bits per heavy atom. The lowest BCUT2D eigenvalue weighted by Gasteiger charge is -2.07. The van der Waals surface area contributed by atoms with Crippen molar-refractivity contribution in [2.45, 2.75) is 12.8 Å². The monoisotopic (exact) mass is 438 g/mol. The molecule has 0 fully saturated rings. The molecule has 0 saturated heterocycles. The topological polar surface area (TPSA) is 96.3 Å². The first-order chi connectivity index (χ1) is 15.1. The zero-order valence-corrected chi connectivity index (χ0v) is 17.2. The number of anilines is 1. The van der Waals surface area contributed by atoms with Gasteiger partial charge in [-0.25, -0.2) is 9.37 Å². The molecule has 0 spiro atoms. The Kier molecular flexibility index (Phi) is 6.23. The third kappa shape index (κ3) is 5.26. The van der Waals surface area contributed by atoms with Crippen LogP contribution in [0, 0.1) is 5.82 Å². The third-order valence-electron chi connectivity index (χ3n) is 4.43. The van der Waals surface area contributed by atoms with Crippen LogP contribution in [-0.2, 0) is 16.0 Å². The van der Waals surface area contributed by atoms with E-state index in [0.717, 1.165) is 10.2 Å². The molecule has 9 heteroatoms. The van der Waals surface area contributed by atoms with Crippen LogP contribution in [0.15, 0.2) is 65.1 Å². The van der Waals surface area contributed by atoms with Crippen molar-refractivity contribution in [3.05, 3.63) is 72.2 Å². The van der Waals surface area contributed by atoms with E-state index in [9.17, 15) is 14.0 Å². The van der Waals surface area contributed by atoms with Crippen LogP contribution in [0.1, 0.15) is 12.2 Å². The summed E-state index contributed by atoms with van der Waals surface area (Å²) in [6.45, 7) is -0.0235. The number of thiazole rings is 1. The van der Waals surface area contributed by atoms with Gasteiger partial charge in [0.25, 0.3) is 5.91 Å². The summed E-state index contributed by atoms with van der Waals surface area (Å²) < 4.78 is 20.5. The van der Waals surface area contributed by atoms with E-state index < -0.39 is 5.91 Å². The second-order valence-corrected chi connectivity index (χ2v) is 7.71. The van der Waals surface area contributed by atoms with Crippen molar-refractivity contribution in [2.75, 3.05) is 11.9 Å². The largest absolute Gasteiger partial charge is 0.461 e. The fourth-order valence-corrected chi connectivity index (χ4v) is 3.77. The average Bonchev–Trinajstić information content (AvgIpc) is 3.42. The summed E-state index contributed by atoms with van der Waals surface area (Å²) >= 11 is 1.45. The van der Waals surface area contributed by atoms with Crippen LogP contribution >= 0.6 is 11.3 Å². The molecule has 0 aliphatic heterocycles. The molecule has 0 aliphatic rings. The summed E-state index contributed by atoms with van der Waals surface area (Å²) in [4.78, 5) is 28.3. The van der Waals surface area contributed by atoms with E-state index in [1.54, 1.807) is 30.3 Å². The number of aryl methyl sites for hydroxylation is 1. The van der Waals surface area contributed by atoms with Gasteiger partial charge in [-0.1, -0.05) is 35.6 Å². The molecule has 3 N–H and O–H groups in total. The zero-order valence-electron chi connectivity index (χ0n) is 16.4. The number of nitrogens with zero attached hydrogens (tertiary/aromatic N) is 1. The highest BCUT2D eigenvalue weighted by Crippen LogP contribution is 2.26. The number of hydrazine groups is 1. The van der Waals surface area contributed by atoms with E-state index in [-0.39, 0.29) is 24.7 Å². The summed E-state index contributed by atoms with van der Waals surface area (Å²) in [5.74, 6) is -0.173. The van der Waals surface area contributed by atoms with Gasteiger partial charge in [0.1, 0.15) is 17.3 Å². The molecule has 158 valence electrons. The first-order valence-electron chi connectivity index (χ1n) is 9.59. The number of para-hydroxylation sites is 1. The van der Waals surface area contributed by atoms with Crippen molar-refractivity contribution in [3.8, 4) is 11.3 Å². The Labute approximate surface area is 181 Å². The number of aromatic nitrogens is 1. The van der Waals surface area contributed by atoms with Crippen molar-refractivity contribution in [3.63, 3.8) is 0 Å². The maximum atomic E-state index is 13.8. The molecule has 0 saturated carbocycles. The van der Waals surface area contributed by atoms with Gasteiger partial charge in [-0.15, -0.1) is 0 Å². The van der Waals surface area contributed by atoms with E-state index >= 15 is 0 Å². The lowest BCUT2D eigenvalue weighted by atomic mass is 10.1. The first-order valence-corrected chi connectivity index (χ1v) is 10.4. The number of furan rings is 1. The quantitative estimate of drug-likeness (QED) is 0.381. The minimum absolute atomic E-state index is 0.0235. The van der Waals surface area contributed by atoms with Crippen LogP contribution in [0.4, 0.5) is 9.52 Å². The number of fused-ring (bicyclic) bond motifs is 1. The second-order valence-electron chi connectivity index (χ2n) is 6.68. The van der Waals surface area contributed by atoms with Gasteiger partial charge in [0, 0.05) is 12.8 Å². The Hall–Kier alpha value is -3.72. The predicted octanol–water partition coefficient (Wildman–Crippen LogP) is 3.89. The Morgan fingerprint density at radius 3 is 2.58 bits per heavy atom. The van der Waals surface area contributed by atoms with E-state index in [4.69, 9.17) is 4.42 Å². The molecule has 4 aromatic rings. The van der Waals surface area contributed by atoms with Crippen LogP contribution in [0.25, 0.3) is 21.5 Å². The van der Waals surface area contributed by atoms with Gasteiger partial charge in [0.05, 0.1) is 22.3 Å². The van der Waals surface area contributed by atoms with Crippen molar-refractivity contribution >= 4 is 38.5 Å². The number of amides is 2. The molecule has 2 aromatic heterocycles. The Balaban J connectivity index is 1.20. The molecular formula is C22H19FN4O3S. The number of hydrogen-bond acceptors (Lipinski definition) is 6. The normalized spacial score (nSPS) is 10.7. The summed E-state index contributed by atoms with van der Waals surface area (Å²) in [5.41, 5.74) is 5.95. The van der Waals surface area contributed by atoms with Crippen LogP contribution in [0.2, 0.25) is 0 Å². The first kappa shape index (κ1) is 20.5. The van der Waals surface area contributed by atoms with Gasteiger partial charge in [0.2, 0.25) is 5.91 Å². The van der Waals surface area contributed by atoms with Gasteiger partial charge in [-0.2, -0.15) is 0 Å². The van der Waals surface area contributed by atoms with Gasteiger partial charge in [-0.3, -0.25) is 20.4 Å². The van der Waals surface area contributed by atoms with Crippen LogP contribution in [0.3, 0.4) is 0 Å². The number of rotatable bonds is 7. The number of nitrogens with one attached hydrogen (secondary N) is 3. The highest BCUT2D eigenvalue weighted by molar-refractivity contribution is 7.22. The van der Waals surface area contributed by atoms with E-state index in [0.29, 0.717) is 28.6 Å². The van der Waals surface area contributed by atoms with Crippen molar-refractivity contribution in [2.24, 2.45) is 0 Å². The Bertz CT molecular complexity index is 1190. The standard InChI is InChI=1S/C22H19FN4O3S/c23-16-6-2-1-5-15(16)18-11-9-14(30-18)10-12-20(28)26-27-21(29)13-24-22-25-17-7-3-4-8-19(17)31-22/h1-9,11H,10,12-13H2,(H,24,25)(H,26,28)(H,27,29). The summed E-state index contributed by atoms with van der Waals surface area (Å²) in [6, 6.07) is 17.4. The highest BCUT2D eigenvalue weighted by Gasteiger charge is 2.11. The average molecular weight is 438 g/mol. The van der Waals surface area contributed by atoms with E-state index in [1.165, 1.54) is 17.4 Å². The molecule has 0 radical (unpaired) electrons. The summed E-state index contributed by atoms with van der Waals surface area (Å²) in [6.07, 6.45) is 0.427. The van der Waals surface area contributed by atoms with E-state index in [1.807, 2.05) is 24.3 Å². The van der Waals surface area contributed by atoms with Gasteiger partial charge >= 0.3 is 0 Å². The SMILES string of the molecule is O=C(CCc1ccc(-c2ccccc2F)o1)NNC(=O)CNc1nc2ccccc2s1. The fourth-order valence-electron chi connectivity index (χ4n) is 2.90. The molecule has 4 rings (SSSR count). The van der Waals surface area contributed by atoms with Crippen molar-refractivity contribution in [1.29, 1.82) is 0 Å². The minimum atomic E-state index is -0.396. The number of halogens is 1. The number of hydrogen-bond donors (Lipinski definition) is 3. The van der Waals surface area contributed by atoms with E-state index in [2.05, 4.69) is 21.2 Å². The predicted molar refractivity (Wildman–Crippen MR) is 117 cm³/mol. The molecular weight excluding hydrogens is 419 g/mol. The molecule has 0 aliphatic carbocycles. The third-order valence-corrected chi connectivity index (χ3v) is 5.43. The number of carbonyl (C=O) groups excluding carboxylic acids is 2. The summed E-state index contributed by atoms with van der Waals surface area (Å²) in [7, 11) is 0. The van der Waals surface area contributed by atoms with Crippen LogP contribution in [0.5, 0.6) is 0 Å². The smallest absolute Gasteiger partial charge is 0.257 e. The van der Waals surface area contributed by atoms with Crippen LogP contribution < -0.4 is 16.2 Å². The molecule has 0 unspecified atom stereocenters. The lowest BCUT2D eigenvalue weighted by Crippen LogP contribution is -2.44. The van der Waals surface area contributed by atoms with Crippen molar-refractivity contribution < 1.29 is 18.4 Å². The molecule has 2 aromatic carbocycles. The number of benzene rings is 2.